The molecule has 0 radical (unpaired) electrons. The van der Waals surface area contributed by atoms with E-state index in [-0.39, 0.29) is 18.4 Å². The quantitative estimate of drug-likeness (QED) is 0.838. The van der Waals surface area contributed by atoms with Crippen molar-refractivity contribution in [3.8, 4) is 0 Å². The first-order valence-corrected chi connectivity index (χ1v) is 6.52. The molecule has 1 aliphatic rings. The molecule has 2 amide bonds. The molecule has 1 atom stereocenters. The minimum atomic E-state index is -0.760. The lowest BCUT2D eigenvalue weighted by atomic mass is 9.94. The number of hydrogen-bond donors (Lipinski definition) is 1. The summed E-state index contributed by atoms with van der Waals surface area (Å²) < 4.78 is 1.73. The van der Waals surface area contributed by atoms with Crippen LogP contribution in [0.5, 0.6) is 0 Å². The normalized spacial score (nSPS) is 23.6. The lowest BCUT2D eigenvalue weighted by Crippen LogP contribution is -2.65. The van der Waals surface area contributed by atoms with E-state index in [1.165, 1.54) is 0 Å². The lowest BCUT2D eigenvalue weighted by molar-refractivity contribution is -0.149. The SMILES string of the molecule is CCC1(C)NC(=O)CN(CCc2cnn(C)c2)C1=O. The summed E-state index contributed by atoms with van der Waals surface area (Å²) in [4.78, 5) is 25.7. The number of aryl methyl sites for hydroxylation is 1. The summed E-state index contributed by atoms with van der Waals surface area (Å²) in [5.41, 5.74) is 0.309. The molecule has 1 aromatic rings. The van der Waals surface area contributed by atoms with Gasteiger partial charge in [0.15, 0.2) is 0 Å². The van der Waals surface area contributed by atoms with Gasteiger partial charge in [0.25, 0.3) is 0 Å². The van der Waals surface area contributed by atoms with Gasteiger partial charge in [-0.15, -0.1) is 0 Å². The molecule has 1 aliphatic heterocycles. The minimum absolute atomic E-state index is 0.00140. The molecule has 104 valence electrons. The molecule has 6 heteroatoms. The molecule has 0 bridgehead atoms. The second-order valence-corrected chi connectivity index (χ2v) is 5.23. The number of carbonyl (C=O) groups is 2. The Hall–Kier alpha value is -1.85. The van der Waals surface area contributed by atoms with Gasteiger partial charge in [-0.05, 0) is 25.3 Å². The number of amides is 2. The van der Waals surface area contributed by atoms with Crippen LogP contribution in [-0.4, -0.2) is 45.1 Å². The van der Waals surface area contributed by atoms with E-state index < -0.39 is 5.54 Å². The average molecular weight is 264 g/mol. The summed E-state index contributed by atoms with van der Waals surface area (Å²) in [6.45, 7) is 4.38. The van der Waals surface area contributed by atoms with Crippen molar-refractivity contribution in [3.63, 3.8) is 0 Å². The number of rotatable bonds is 4. The van der Waals surface area contributed by atoms with Crippen molar-refractivity contribution >= 4 is 11.8 Å². The monoisotopic (exact) mass is 264 g/mol. The summed E-state index contributed by atoms with van der Waals surface area (Å²) in [5, 5.41) is 6.87. The van der Waals surface area contributed by atoms with Crippen LogP contribution in [0.2, 0.25) is 0 Å². The van der Waals surface area contributed by atoms with E-state index >= 15 is 0 Å². The van der Waals surface area contributed by atoms with Crippen LogP contribution < -0.4 is 5.32 Å². The van der Waals surface area contributed by atoms with Gasteiger partial charge < -0.3 is 10.2 Å². The van der Waals surface area contributed by atoms with Gasteiger partial charge in [-0.2, -0.15) is 5.10 Å². The molecule has 1 N–H and O–H groups in total. The Morgan fingerprint density at radius 2 is 2.21 bits per heavy atom. The van der Waals surface area contributed by atoms with E-state index in [0.29, 0.717) is 19.4 Å². The highest BCUT2D eigenvalue weighted by molar-refractivity contribution is 5.97. The zero-order valence-electron chi connectivity index (χ0n) is 11.6. The van der Waals surface area contributed by atoms with Gasteiger partial charge in [-0.3, -0.25) is 14.3 Å². The third-order valence-electron chi connectivity index (χ3n) is 3.64. The van der Waals surface area contributed by atoms with Gasteiger partial charge in [0, 0.05) is 19.8 Å². The van der Waals surface area contributed by atoms with Crippen molar-refractivity contribution in [2.45, 2.75) is 32.2 Å². The Balaban J connectivity index is 2.02. The van der Waals surface area contributed by atoms with Crippen molar-refractivity contribution in [2.75, 3.05) is 13.1 Å². The van der Waals surface area contributed by atoms with E-state index in [4.69, 9.17) is 0 Å². The van der Waals surface area contributed by atoms with Gasteiger partial charge >= 0.3 is 0 Å². The smallest absolute Gasteiger partial charge is 0.248 e. The van der Waals surface area contributed by atoms with E-state index in [1.54, 1.807) is 22.7 Å². The molecular weight excluding hydrogens is 244 g/mol. The van der Waals surface area contributed by atoms with E-state index in [0.717, 1.165) is 5.56 Å². The third kappa shape index (κ3) is 2.77. The number of carbonyl (C=O) groups excluding carboxylic acids is 2. The molecule has 0 spiro atoms. The Labute approximate surface area is 112 Å². The van der Waals surface area contributed by atoms with Gasteiger partial charge in [0.05, 0.1) is 12.7 Å². The fourth-order valence-electron chi connectivity index (χ4n) is 2.28. The van der Waals surface area contributed by atoms with Crippen LogP contribution in [0, 0.1) is 0 Å². The fraction of sp³-hybridized carbons (Fsp3) is 0.615. The first-order chi connectivity index (χ1) is 8.94. The van der Waals surface area contributed by atoms with Gasteiger partial charge in [-0.25, -0.2) is 0 Å². The largest absolute Gasteiger partial charge is 0.340 e. The molecular formula is C13H20N4O2. The van der Waals surface area contributed by atoms with Gasteiger partial charge in [0.1, 0.15) is 5.54 Å². The first kappa shape index (κ1) is 13.6. The predicted octanol–water partition coefficient (Wildman–Crippen LogP) is 0.0897. The molecule has 0 aliphatic carbocycles. The van der Waals surface area contributed by atoms with Gasteiger partial charge in [-0.1, -0.05) is 6.92 Å². The molecule has 1 saturated heterocycles. The highest BCUT2D eigenvalue weighted by Gasteiger charge is 2.41. The van der Waals surface area contributed by atoms with Crippen LogP contribution in [0.15, 0.2) is 12.4 Å². The molecule has 19 heavy (non-hydrogen) atoms. The van der Waals surface area contributed by atoms with Crippen LogP contribution in [-0.2, 0) is 23.1 Å². The first-order valence-electron chi connectivity index (χ1n) is 6.52. The van der Waals surface area contributed by atoms with Crippen molar-refractivity contribution in [3.05, 3.63) is 18.0 Å². The van der Waals surface area contributed by atoms with Gasteiger partial charge in [0.2, 0.25) is 11.8 Å². The molecule has 2 rings (SSSR count). The second kappa shape index (κ2) is 5.03. The minimum Gasteiger partial charge on any atom is -0.340 e. The summed E-state index contributed by atoms with van der Waals surface area (Å²) >= 11 is 0. The van der Waals surface area contributed by atoms with Crippen LogP contribution in [0.4, 0.5) is 0 Å². The van der Waals surface area contributed by atoms with Crippen molar-refractivity contribution in [1.29, 1.82) is 0 Å². The number of piperazine rings is 1. The van der Waals surface area contributed by atoms with Crippen molar-refractivity contribution in [2.24, 2.45) is 7.05 Å². The standard InChI is InChI=1S/C13H20N4O2/c1-4-13(2)12(19)17(9-11(18)15-13)6-5-10-7-14-16(3)8-10/h7-8H,4-6,9H2,1-3H3,(H,15,18). The molecule has 1 unspecified atom stereocenters. The number of hydrogen-bond acceptors (Lipinski definition) is 3. The predicted molar refractivity (Wildman–Crippen MR) is 70.3 cm³/mol. The molecule has 6 nitrogen and oxygen atoms in total. The zero-order chi connectivity index (χ0) is 14.0. The van der Waals surface area contributed by atoms with Crippen molar-refractivity contribution < 1.29 is 9.59 Å². The second-order valence-electron chi connectivity index (χ2n) is 5.23. The molecule has 1 aromatic heterocycles. The summed E-state index contributed by atoms with van der Waals surface area (Å²) in [5.74, 6) is -0.0892. The Kier molecular flexibility index (Phi) is 3.59. The average Bonchev–Trinajstić information content (AvgIpc) is 2.78. The highest BCUT2D eigenvalue weighted by atomic mass is 16.2. The maximum absolute atomic E-state index is 12.3. The summed E-state index contributed by atoms with van der Waals surface area (Å²) in [6.07, 6.45) is 5.02. The van der Waals surface area contributed by atoms with Crippen LogP contribution in [0.1, 0.15) is 25.8 Å². The molecule has 0 saturated carbocycles. The van der Waals surface area contributed by atoms with E-state index in [1.807, 2.05) is 20.2 Å². The number of aromatic nitrogens is 2. The maximum atomic E-state index is 12.3. The highest BCUT2D eigenvalue weighted by Crippen LogP contribution is 2.18. The van der Waals surface area contributed by atoms with Crippen molar-refractivity contribution in [1.82, 2.24) is 20.0 Å². The topological polar surface area (TPSA) is 67.2 Å². The Bertz CT molecular complexity index is 497. The number of nitrogens with one attached hydrogen (secondary N) is 1. The Morgan fingerprint density at radius 1 is 1.47 bits per heavy atom. The number of nitrogens with zero attached hydrogens (tertiary/aromatic N) is 3. The van der Waals surface area contributed by atoms with Crippen LogP contribution in [0.3, 0.4) is 0 Å². The lowest BCUT2D eigenvalue weighted by Gasteiger charge is -2.39. The third-order valence-corrected chi connectivity index (χ3v) is 3.64. The summed E-state index contributed by atoms with van der Waals surface area (Å²) in [6, 6.07) is 0. The van der Waals surface area contributed by atoms with E-state index in [9.17, 15) is 9.59 Å². The maximum Gasteiger partial charge on any atom is 0.248 e. The Morgan fingerprint density at radius 3 is 2.79 bits per heavy atom. The fourth-order valence-corrected chi connectivity index (χ4v) is 2.28. The molecule has 2 heterocycles. The zero-order valence-corrected chi connectivity index (χ0v) is 11.6. The van der Waals surface area contributed by atoms with Crippen LogP contribution >= 0.6 is 0 Å². The molecule has 0 aromatic carbocycles. The van der Waals surface area contributed by atoms with E-state index in [2.05, 4.69) is 10.4 Å². The molecule has 1 fully saturated rings. The summed E-state index contributed by atoms with van der Waals surface area (Å²) in [7, 11) is 1.86. The van der Waals surface area contributed by atoms with Crippen LogP contribution in [0.25, 0.3) is 0 Å².